The summed E-state index contributed by atoms with van der Waals surface area (Å²) in [5, 5.41) is 10.6. The van der Waals surface area contributed by atoms with E-state index in [1.807, 2.05) is 23.1 Å². The van der Waals surface area contributed by atoms with E-state index in [4.69, 9.17) is 14.2 Å². The SMILES string of the molecule is O=C(Cc1ccc2c(c1)OCO2)N1C[C@H]2C[C@@H](Oc3ccc(F)cc3)[C@H](O)C[C@H]2C1. The minimum atomic E-state index is -0.597. The predicted octanol–water partition coefficient (Wildman–Crippen LogP) is 2.77. The number of carbonyl (C=O) groups excluding carboxylic acids is 1. The Labute approximate surface area is 174 Å². The van der Waals surface area contributed by atoms with Crippen molar-refractivity contribution in [3.8, 4) is 17.2 Å². The molecule has 1 N–H and O–H groups in total. The van der Waals surface area contributed by atoms with Gasteiger partial charge in [0.2, 0.25) is 12.7 Å². The number of benzene rings is 2. The molecule has 0 radical (unpaired) electrons. The number of nitrogens with zero attached hydrogens (tertiary/aromatic N) is 1. The molecular formula is C23H24FNO5. The third-order valence-corrected chi connectivity index (χ3v) is 6.33. The highest BCUT2D eigenvalue weighted by atomic mass is 19.1. The summed E-state index contributed by atoms with van der Waals surface area (Å²) in [6.07, 6.45) is 0.649. The van der Waals surface area contributed by atoms with Crippen molar-refractivity contribution in [2.24, 2.45) is 11.8 Å². The Hall–Kier alpha value is -2.80. The highest BCUT2D eigenvalue weighted by molar-refractivity contribution is 5.79. The van der Waals surface area contributed by atoms with Crippen LogP contribution in [0.4, 0.5) is 4.39 Å². The van der Waals surface area contributed by atoms with E-state index in [9.17, 15) is 14.3 Å². The van der Waals surface area contributed by atoms with Crippen molar-refractivity contribution < 1.29 is 28.5 Å². The van der Waals surface area contributed by atoms with Crippen LogP contribution in [0.1, 0.15) is 18.4 Å². The molecule has 2 fully saturated rings. The van der Waals surface area contributed by atoms with Gasteiger partial charge in [0, 0.05) is 13.1 Å². The molecule has 3 aliphatic rings. The lowest BCUT2D eigenvalue weighted by Crippen LogP contribution is -2.42. The number of carbonyl (C=O) groups is 1. The molecule has 4 atom stereocenters. The van der Waals surface area contributed by atoms with E-state index >= 15 is 0 Å². The maximum Gasteiger partial charge on any atom is 0.231 e. The molecule has 2 aromatic carbocycles. The van der Waals surface area contributed by atoms with Crippen molar-refractivity contribution in [1.29, 1.82) is 0 Å². The number of amides is 1. The molecule has 158 valence electrons. The lowest BCUT2D eigenvalue weighted by atomic mass is 9.78. The molecule has 1 saturated heterocycles. The van der Waals surface area contributed by atoms with Crippen molar-refractivity contribution in [1.82, 2.24) is 4.90 Å². The fourth-order valence-electron chi connectivity index (χ4n) is 4.75. The monoisotopic (exact) mass is 413 g/mol. The number of halogens is 1. The zero-order valence-corrected chi connectivity index (χ0v) is 16.5. The van der Waals surface area contributed by atoms with E-state index in [2.05, 4.69) is 0 Å². The van der Waals surface area contributed by atoms with Crippen LogP contribution < -0.4 is 14.2 Å². The van der Waals surface area contributed by atoms with Gasteiger partial charge < -0.3 is 24.2 Å². The average Bonchev–Trinajstić information content (AvgIpc) is 3.36. The van der Waals surface area contributed by atoms with Crippen LogP contribution >= 0.6 is 0 Å². The number of likely N-dealkylation sites (tertiary alicyclic amines) is 1. The van der Waals surface area contributed by atoms with Gasteiger partial charge in [-0.05, 0) is 66.6 Å². The van der Waals surface area contributed by atoms with Crippen LogP contribution in [0.3, 0.4) is 0 Å². The molecular weight excluding hydrogens is 389 g/mol. The Morgan fingerprint density at radius 1 is 1.07 bits per heavy atom. The zero-order valence-electron chi connectivity index (χ0n) is 16.5. The Kier molecular flexibility index (Phi) is 4.98. The van der Waals surface area contributed by atoms with Crippen LogP contribution in [-0.4, -0.2) is 48.0 Å². The summed E-state index contributed by atoms with van der Waals surface area (Å²) >= 11 is 0. The van der Waals surface area contributed by atoms with Crippen molar-refractivity contribution in [2.45, 2.75) is 31.5 Å². The summed E-state index contributed by atoms with van der Waals surface area (Å²) in [7, 11) is 0. The van der Waals surface area contributed by atoms with Crippen LogP contribution in [0.2, 0.25) is 0 Å². The maximum absolute atomic E-state index is 13.1. The van der Waals surface area contributed by atoms with Gasteiger partial charge >= 0.3 is 0 Å². The van der Waals surface area contributed by atoms with Gasteiger partial charge in [-0.2, -0.15) is 0 Å². The molecule has 1 aliphatic carbocycles. The van der Waals surface area contributed by atoms with E-state index < -0.39 is 6.10 Å². The van der Waals surface area contributed by atoms with Crippen molar-refractivity contribution in [2.75, 3.05) is 19.9 Å². The van der Waals surface area contributed by atoms with E-state index in [1.165, 1.54) is 12.1 Å². The summed E-state index contributed by atoms with van der Waals surface area (Å²) in [4.78, 5) is 14.8. The minimum absolute atomic E-state index is 0.0776. The molecule has 2 aromatic rings. The number of hydrogen-bond acceptors (Lipinski definition) is 5. The quantitative estimate of drug-likeness (QED) is 0.835. The predicted molar refractivity (Wildman–Crippen MR) is 106 cm³/mol. The number of hydrogen-bond donors (Lipinski definition) is 1. The number of rotatable bonds is 4. The van der Waals surface area contributed by atoms with Gasteiger partial charge in [-0.15, -0.1) is 0 Å². The number of aliphatic hydroxyl groups excluding tert-OH is 1. The first-order valence-corrected chi connectivity index (χ1v) is 10.3. The van der Waals surface area contributed by atoms with E-state index in [0.29, 0.717) is 55.5 Å². The normalized spacial score (nSPS) is 27.1. The second kappa shape index (κ2) is 7.80. The van der Waals surface area contributed by atoms with Crippen molar-refractivity contribution in [3.05, 3.63) is 53.8 Å². The van der Waals surface area contributed by atoms with Gasteiger partial charge in [0.1, 0.15) is 17.7 Å². The summed E-state index contributed by atoms with van der Waals surface area (Å²) < 4.78 is 29.7. The number of ether oxygens (including phenoxy) is 3. The lowest BCUT2D eigenvalue weighted by molar-refractivity contribution is -0.129. The zero-order chi connectivity index (χ0) is 20.7. The second-order valence-corrected chi connectivity index (χ2v) is 8.33. The van der Waals surface area contributed by atoms with Crippen LogP contribution in [-0.2, 0) is 11.2 Å². The largest absolute Gasteiger partial charge is 0.488 e. The van der Waals surface area contributed by atoms with E-state index in [0.717, 1.165) is 5.56 Å². The minimum Gasteiger partial charge on any atom is -0.488 e. The first kappa shape index (κ1) is 19.2. The molecule has 5 rings (SSSR count). The van der Waals surface area contributed by atoms with Gasteiger partial charge in [-0.3, -0.25) is 4.79 Å². The Morgan fingerprint density at radius 3 is 2.60 bits per heavy atom. The first-order valence-electron chi connectivity index (χ1n) is 10.3. The molecule has 7 heteroatoms. The Balaban J connectivity index is 1.20. The van der Waals surface area contributed by atoms with Crippen molar-refractivity contribution >= 4 is 5.91 Å². The maximum atomic E-state index is 13.1. The van der Waals surface area contributed by atoms with Crippen LogP contribution in [0.5, 0.6) is 17.2 Å². The lowest BCUT2D eigenvalue weighted by Gasteiger charge is -2.35. The summed E-state index contributed by atoms with van der Waals surface area (Å²) in [5.41, 5.74) is 0.900. The van der Waals surface area contributed by atoms with Gasteiger partial charge in [0.15, 0.2) is 11.5 Å². The highest BCUT2D eigenvalue weighted by Gasteiger charge is 2.43. The van der Waals surface area contributed by atoms with Crippen LogP contribution in [0.25, 0.3) is 0 Å². The van der Waals surface area contributed by atoms with Gasteiger partial charge in [-0.1, -0.05) is 6.07 Å². The van der Waals surface area contributed by atoms with Crippen LogP contribution in [0.15, 0.2) is 42.5 Å². The summed E-state index contributed by atoms with van der Waals surface area (Å²) in [5.74, 6) is 2.26. The van der Waals surface area contributed by atoms with Gasteiger partial charge in [-0.25, -0.2) is 4.39 Å². The first-order chi connectivity index (χ1) is 14.5. The third kappa shape index (κ3) is 3.81. The van der Waals surface area contributed by atoms with Crippen LogP contribution in [0, 0.1) is 17.7 Å². The molecule has 0 unspecified atom stereocenters. The molecule has 0 aromatic heterocycles. The average molecular weight is 413 g/mol. The second-order valence-electron chi connectivity index (χ2n) is 8.33. The molecule has 2 heterocycles. The fraction of sp³-hybridized carbons (Fsp3) is 0.435. The standard InChI is InChI=1S/C23H24FNO5/c24-17-2-4-18(5-3-17)30-21-10-16-12-25(11-15(16)9-19(21)26)23(27)8-14-1-6-20-22(7-14)29-13-28-20/h1-7,15-16,19,21,26H,8-13H2/t15-,16+,19+,21+/m0/s1. The molecule has 30 heavy (non-hydrogen) atoms. The molecule has 2 aliphatic heterocycles. The topological polar surface area (TPSA) is 68.2 Å². The summed E-state index contributed by atoms with van der Waals surface area (Å²) in [6, 6.07) is 11.4. The number of fused-ring (bicyclic) bond motifs is 2. The fourth-order valence-corrected chi connectivity index (χ4v) is 4.75. The Morgan fingerprint density at radius 2 is 1.80 bits per heavy atom. The van der Waals surface area contributed by atoms with Gasteiger partial charge in [0.25, 0.3) is 0 Å². The Bertz CT molecular complexity index is 934. The van der Waals surface area contributed by atoms with Gasteiger partial charge in [0.05, 0.1) is 12.5 Å². The van der Waals surface area contributed by atoms with E-state index in [1.54, 1.807) is 12.1 Å². The smallest absolute Gasteiger partial charge is 0.231 e. The molecule has 1 saturated carbocycles. The molecule has 6 nitrogen and oxygen atoms in total. The third-order valence-electron chi connectivity index (χ3n) is 6.33. The highest BCUT2D eigenvalue weighted by Crippen LogP contribution is 2.38. The summed E-state index contributed by atoms with van der Waals surface area (Å²) in [6.45, 7) is 1.55. The van der Waals surface area contributed by atoms with E-state index in [-0.39, 0.29) is 30.5 Å². The molecule has 1 amide bonds. The van der Waals surface area contributed by atoms with Crippen molar-refractivity contribution in [3.63, 3.8) is 0 Å². The number of aliphatic hydroxyl groups is 1. The molecule has 0 bridgehead atoms. The molecule has 0 spiro atoms.